The maximum Gasteiger partial charge on any atom is 0.214 e. The van der Waals surface area contributed by atoms with E-state index in [1.54, 1.807) is 0 Å². The maximum absolute atomic E-state index is 3.60. The summed E-state index contributed by atoms with van der Waals surface area (Å²) in [6, 6.07) is 27.4. The highest BCUT2D eigenvalue weighted by Crippen LogP contribution is 2.31. The number of anilines is 2. The number of nitrogens with zero attached hydrogens (tertiary/aromatic N) is 1. The Labute approximate surface area is 129 Å². The first-order chi connectivity index (χ1) is 10.8. The number of fused-ring (bicyclic) bond motifs is 2. The van der Waals surface area contributed by atoms with Crippen LogP contribution in [0.3, 0.4) is 0 Å². The highest BCUT2D eigenvalue weighted by Gasteiger charge is 2.16. The second kappa shape index (κ2) is 5.15. The molecule has 0 fully saturated rings. The van der Waals surface area contributed by atoms with Gasteiger partial charge in [0, 0.05) is 17.8 Å². The van der Waals surface area contributed by atoms with E-state index in [2.05, 4.69) is 89.7 Å². The van der Waals surface area contributed by atoms with E-state index in [0.29, 0.717) is 0 Å². The van der Waals surface area contributed by atoms with Gasteiger partial charge in [0.25, 0.3) is 0 Å². The molecule has 0 radical (unpaired) electrons. The van der Waals surface area contributed by atoms with Crippen LogP contribution < -0.4 is 9.88 Å². The molecule has 4 rings (SSSR count). The first-order valence-corrected chi connectivity index (χ1v) is 7.46. The molecule has 0 saturated carbocycles. The summed E-state index contributed by atoms with van der Waals surface area (Å²) in [7, 11) is 2.12. The third-order valence-corrected chi connectivity index (χ3v) is 4.11. The van der Waals surface area contributed by atoms with Crippen molar-refractivity contribution in [2.75, 3.05) is 5.32 Å². The van der Waals surface area contributed by atoms with Crippen LogP contribution in [-0.4, -0.2) is 0 Å². The molecule has 106 valence electrons. The number of rotatable bonds is 2. The number of benzene rings is 3. The second-order valence-corrected chi connectivity index (χ2v) is 5.46. The molecule has 22 heavy (non-hydrogen) atoms. The van der Waals surface area contributed by atoms with Crippen molar-refractivity contribution in [2.24, 2.45) is 7.05 Å². The van der Waals surface area contributed by atoms with E-state index >= 15 is 0 Å². The zero-order valence-electron chi connectivity index (χ0n) is 12.5. The first-order valence-electron chi connectivity index (χ1n) is 7.46. The third kappa shape index (κ3) is 2.01. The molecule has 0 bridgehead atoms. The number of hydrogen-bond acceptors (Lipinski definition) is 1. The van der Waals surface area contributed by atoms with E-state index in [4.69, 9.17) is 0 Å². The van der Waals surface area contributed by atoms with Gasteiger partial charge in [-0.2, -0.15) is 4.57 Å². The Balaban J connectivity index is 2.07. The van der Waals surface area contributed by atoms with Gasteiger partial charge in [-0.1, -0.05) is 42.5 Å². The van der Waals surface area contributed by atoms with E-state index in [1.165, 1.54) is 21.8 Å². The number of aromatic nitrogens is 1. The van der Waals surface area contributed by atoms with Crippen LogP contribution in [0.5, 0.6) is 0 Å². The van der Waals surface area contributed by atoms with E-state index in [1.807, 2.05) is 6.07 Å². The van der Waals surface area contributed by atoms with Crippen LogP contribution >= 0.6 is 0 Å². The van der Waals surface area contributed by atoms with Gasteiger partial charge in [0.05, 0.1) is 16.5 Å². The Morgan fingerprint density at radius 3 is 1.73 bits per heavy atom. The molecule has 0 unspecified atom stereocenters. The van der Waals surface area contributed by atoms with Crippen molar-refractivity contribution in [1.29, 1.82) is 0 Å². The van der Waals surface area contributed by atoms with E-state index in [9.17, 15) is 0 Å². The first kappa shape index (κ1) is 12.8. The van der Waals surface area contributed by atoms with Crippen molar-refractivity contribution in [2.45, 2.75) is 0 Å². The molecule has 0 aliphatic heterocycles. The van der Waals surface area contributed by atoms with Crippen LogP contribution in [0.15, 0.2) is 78.9 Å². The topological polar surface area (TPSA) is 15.9 Å². The molecule has 0 saturated heterocycles. The largest absolute Gasteiger partial charge is 0.354 e. The van der Waals surface area contributed by atoms with E-state index < -0.39 is 0 Å². The summed E-state index contributed by atoms with van der Waals surface area (Å²) in [5.41, 5.74) is 4.71. The van der Waals surface area contributed by atoms with E-state index in [0.717, 1.165) is 11.4 Å². The van der Waals surface area contributed by atoms with E-state index in [-0.39, 0.29) is 0 Å². The zero-order chi connectivity index (χ0) is 14.9. The summed E-state index contributed by atoms with van der Waals surface area (Å²) < 4.78 is 2.25. The van der Waals surface area contributed by atoms with Crippen molar-refractivity contribution >= 4 is 33.2 Å². The van der Waals surface area contributed by atoms with Crippen LogP contribution in [0.2, 0.25) is 0 Å². The van der Waals surface area contributed by atoms with Crippen molar-refractivity contribution < 1.29 is 4.57 Å². The lowest BCUT2D eigenvalue weighted by Crippen LogP contribution is -2.30. The Morgan fingerprint density at radius 1 is 0.636 bits per heavy atom. The predicted octanol–water partition coefficient (Wildman–Crippen LogP) is 4.56. The fourth-order valence-electron chi connectivity index (χ4n) is 3.03. The SMILES string of the molecule is C[n+]1c2ccccc2c(Nc2ccccc2)c2ccccc21. The van der Waals surface area contributed by atoms with Gasteiger partial charge in [0.1, 0.15) is 7.05 Å². The summed E-state index contributed by atoms with van der Waals surface area (Å²) >= 11 is 0. The summed E-state index contributed by atoms with van der Waals surface area (Å²) in [4.78, 5) is 0. The molecule has 4 aromatic rings. The molecule has 0 aliphatic rings. The molecule has 1 N–H and O–H groups in total. The maximum atomic E-state index is 3.60. The fraction of sp³-hybridized carbons (Fsp3) is 0.0500. The lowest BCUT2D eigenvalue weighted by molar-refractivity contribution is -0.617. The predicted molar refractivity (Wildman–Crippen MR) is 92.4 cm³/mol. The van der Waals surface area contributed by atoms with Crippen molar-refractivity contribution in [3.05, 3.63) is 78.9 Å². The van der Waals surface area contributed by atoms with Crippen LogP contribution in [-0.2, 0) is 7.05 Å². The lowest BCUT2D eigenvalue weighted by Gasteiger charge is -2.12. The van der Waals surface area contributed by atoms with Gasteiger partial charge in [-0.3, -0.25) is 0 Å². The number of aryl methyl sites for hydroxylation is 1. The van der Waals surface area contributed by atoms with Crippen LogP contribution in [0.25, 0.3) is 21.8 Å². The van der Waals surface area contributed by atoms with Gasteiger partial charge >= 0.3 is 0 Å². The minimum absolute atomic E-state index is 1.10. The fourth-order valence-corrected chi connectivity index (χ4v) is 3.03. The van der Waals surface area contributed by atoms with Gasteiger partial charge in [0.2, 0.25) is 11.0 Å². The Hall–Kier alpha value is -2.87. The summed E-state index contributed by atoms with van der Waals surface area (Å²) in [5.74, 6) is 0. The third-order valence-electron chi connectivity index (χ3n) is 4.11. The highest BCUT2D eigenvalue weighted by atomic mass is 15.0. The highest BCUT2D eigenvalue weighted by molar-refractivity contribution is 6.06. The lowest BCUT2D eigenvalue weighted by atomic mass is 10.1. The average molecular weight is 285 g/mol. The summed E-state index contributed by atoms with van der Waals surface area (Å²) in [6.07, 6.45) is 0. The molecule has 1 aromatic heterocycles. The monoisotopic (exact) mass is 285 g/mol. The van der Waals surface area contributed by atoms with Gasteiger partial charge < -0.3 is 5.32 Å². The van der Waals surface area contributed by atoms with Crippen LogP contribution in [0.1, 0.15) is 0 Å². The molecule has 2 heteroatoms. The molecule has 0 amide bonds. The summed E-state index contributed by atoms with van der Waals surface area (Å²) in [5, 5.41) is 6.06. The van der Waals surface area contributed by atoms with Crippen molar-refractivity contribution in [3.63, 3.8) is 0 Å². The second-order valence-electron chi connectivity index (χ2n) is 5.46. The molecule has 0 aliphatic carbocycles. The molecule has 2 nitrogen and oxygen atoms in total. The Kier molecular flexibility index (Phi) is 3.01. The molecule has 0 atom stereocenters. The summed E-state index contributed by atoms with van der Waals surface area (Å²) in [6.45, 7) is 0. The van der Waals surface area contributed by atoms with Crippen LogP contribution in [0, 0.1) is 0 Å². The molecule has 1 heterocycles. The van der Waals surface area contributed by atoms with Crippen molar-refractivity contribution in [1.82, 2.24) is 0 Å². The van der Waals surface area contributed by atoms with Gasteiger partial charge in [-0.15, -0.1) is 0 Å². The number of nitrogens with one attached hydrogen (secondary N) is 1. The van der Waals surface area contributed by atoms with Gasteiger partial charge in [-0.05, 0) is 24.3 Å². The minimum Gasteiger partial charge on any atom is -0.354 e. The van der Waals surface area contributed by atoms with Crippen LogP contribution in [0.4, 0.5) is 11.4 Å². The Bertz CT molecular complexity index is 902. The smallest absolute Gasteiger partial charge is 0.214 e. The molecule has 0 spiro atoms. The zero-order valence-corrected chi connectivity index (χ0v) is 12.5. The number of pyridine rings is 1. The molecule has 3 aromatic carbocycles. The van der Waals surface area contributed by atoms with Crippen molar-refractivity contribution in [3.8, 4) is 0 Å². The Morgan fingerprint density at radius 2 is 1.14 bits per heavy atom. The number of hydrogen-bond donors (Lipinski definition) is 1. The molecular formula is C20H17N2+. The van der Waals surface area contributed by atoms with Gasteiger partial charge in [0.15, 0.2) is 0 Å². The quantitative estimate of drug-likeness (QED) is 0.421. The average Bonchev–Trinajstić information content (AvgIpc) is 2.59. The standard InChI is InChI=1S/C20H16N2/c1-22-18-13-7-5-11-16(18)20(17-12-6-8-14-19(17)22)21-15-9-3-2-4-10-15/h2-14H,1H3/p+1. The van der Waals surface area contributed by atoms with Gasteiger partial charge in [-0.25, -0.2) is 0 Å². The molecular weight excluding hydrogens is 268 g/mol. The minimum atomic E-state index is 1.10. The normalized spacial score (nSPS) is 11.0. The number of para-hydroxylation sites is 3.